The van der Waals surface area contributed by atoms with Crippen molar-refractivity contribution in [2.24, 2.45) is 0 Å². The third-order valence-electron chi connectivity index (χ3n) is 6.41. The first-order valence-electron chi connectivity index (χ1n) is 13.8. The molecule has 0 unspecified atom stereocenters. The topological polar surface area (TPSA) is 121 Å². The van der Waals surface area contributed by atoms with E-state index in [1.165, 1.54) is 11.1 Å². The summed E-state index contributed by atoms with van der Waals surface area (Å²) in [5.41, 5.74) is 6.08. The van der Waals surface area contributed by atoms with Crippen LogP contribution in [0.25, 0.3) is 22.8 Å². The number of aliphatic hydroxyl groups is 2. The highest BCUT2D eigenvalue weighted by Gasteiger charge is 2.17. The summed E-state index contributed by atoms with van der Waals surface area (Å²) in [7, 11) is 2.14. The largest absolute Gasteiger partial charge is 0.490 e. The van der Waals surface area contributed by atoms with Crippen molar-refractivity contribution in [2.45, 2.75) is 66.0 Å². The average Bonchev–Trinajstić information content (AvgIpc) is 3.41. The second-order valence-corrected chi connectivity index (χ2v) is 10.0. The molecule has 9 heteroatoms. The molecule has 0 saturated carbocycles. The van der Waals surface area contributed by atoms with Crippen molar-refractivity contribution in [2.75, 3.05) is 33.4 Å². The van der Waals surface area contributed by atoms with Gasteiger partial charge >= 0.3 is 0 Å². The van der Waals surface area contributed by atoms with Gasteiger partial charge in [-0.25, -0.2) is 0 Å². The number of aliphatic hydroxyl groups excluding tert-OH is 2. The van der Waals surface area contributed by atoms with Crippen LogP contribution >= 0.6 is 0 Å². The van der Waals surface area contributed by atoms with Crippen LogP contribution < -0.4 is 10.1 Å². The molecule has 0 radical (unpaired) electrons. The Morgan fingerprint density at radius 1 is 1.10 bits per heavy atom. The highest BCUT2D eigenvalue weighted by atomic mass is 16.5. The molecular weight excluding hydrogens is 496 g/mol. The van der Waals surface area contributed by atoms with Gasteiger partial charge in [0, 0.05) is 24.2 Å². The molecule has 0 spiro atoms. The minimum Gasteiger partial charge on any atom is -0.490 e. The molecule has 0 saturated heterocycles. The number of nitrogens with one attached hydrogen (secondary N) is 1. The van der Waals surface area contributed by atoms with Crippen LogP contribution in [0.3, 0.4) is 0 Å². The van der Waals surface area contributed by atoms with Crippen molar-refractivity contribution >= 4 is 5.91 Å². The predicted molar refractivity (Wildman–Crippen MR) is 152 cm³/mol. The SMILES string of the molecule is CCCc1cc(CN(C)CCC)cc(-c2nc(-c3cc(C)c(OC[C@@H](O)CNC(=O)CO)c(CC)c3)no2)c1. The fourth-order valence-corrected chi connectivity index (χ4v) is 4.61. The number of carbonyl (C=O) groups excluding carboxylic acids is 1. The monoisotopic (exact) mass is 538 g/mol. The molecule has 3 aromatic rings. The van der Waals surface area contributed by atoms with Crippen LogP contribution in [0.4, 0.5) is 0 Å². The number of hydrogen-bond donors (Lipinski definition) is 3. The van der Waals surface area contributed by atoms with Gasteiger partial charge in [-0.1, -0.05) is 38.4 Å². The maximum atomic E-state index is 11.2. The van der Waals surface area contributed by atoms with Crippen LogP contribution in [0, 0.1) is 6.92 Å². The molecule has 3 rings (SSSR count). The number of hydrogen-bond acceptors (Lipinski definition) is 8. The van der Waals surface area contributed by atoms with E-state index in [4.69, 9.17) is 19.4 Å². The number of aromatic nitrogens is 2. The zero-order valence-electron chi connectivity index (χ0n) is 23.8. The van der Waals surface area contributed by atoms with Crippen molar-refractivity contribution in [3.63, 3.8) is 0 Å². The summed E-state index contributed by atoms with van der Waals surface area (Å²) in [5.74, 6) is 1.14. The summed E-state index contributed by atoms with van der Waals surface area (Å²) >= 11 is 0. The van der Waals surface area contributed by atoms with E-state index in [2.05, 4.69) is 54.5 Å². The van der Waals surface area contributed by atoms with E-state index in [-0.39, 0.29) is 13.2 Å². The quantitative estimate of drug-likeness (QED) is 0.266. The van der Waals surface area contributed by atoms with Crippen LogP contribution in [0.2, 0.25) is 0 Å². The third kappa shape index (κ3) is 8.61. The molecule has 212 valence electrons. The highest BCUT2D eigenvalue weighted by molar-refractivity contribution is 5.76. The number of rotatable bonds is 15. The van der Waals surface area contributed by atoms with Crippen LogP contribution in [0.5, 0.6) is 5.75 Å². The molecule has 1 aromatic heterocycles. The summed E-state index contributed by atoms with van der Waals surface area (Å²) in [4.78, 5) is 18.3. The van der Waals surface area contributed by atoms with Crippen LogP contribution in [-0.2, 0) is 24.2 Å². The molecule has 2 aromatic carbocycles. The fraction of sp³-hybridized carbons (Fsp3) is 0.500. The standard InChI is InChI=1S/C30H42N4O5/c1-6-9-21-12-22(17-34(5)10-7-2)14-25(13-21)30-32-29(33-39-30)24-11-20(4)28(23(8-3)15-24)38-19-26(36)16-31-27(37)18-35/h11-15,26,35-36H,6-10,16-19H2,1-5H3,(H,31,37)/t26-/m0/s1. The number of benzene rings is 2. The van der Waals surface area contributed by atoms with Gasteiger partial charge in [-0.2, -0.15) is 4.98 Å². The summed E-state index contributed by atoms with van der Waals surface area (Å²) in [6.45, 7) is 9.62. The maximum Gasteiger partial charge on any atom is 0.258 e. The lowest BCUT2D eigenvalue weighted by Gasteiger charge is -2.17. The van der Waals surface area contributed by atoms with Gasteiger partial charge in [0.05, 0.1) is 0 Å². The van der Waals surface area contributed by atoms with Crippen molar-refractivity contribution in [1.82, 2.24) is 20.4 Å². The van der Waals surface area contributed by atoms with E-state index < -0.39 is 18.6 Å². The Bertz CT molecular complexity index is 1230. The van der Waals surface area contributed by atoms with Gasteiger partial charge in [0.1, 0.15) is 25.1 Å². The summed E-state index contributed by atoms with van der Waals surface area (Å²) < 4.78 is 11.7. The fourth-order valence-electron chi connectivity index (χ4n) is 4.61. The van der Waals surface area contributed by atoms with Gasteiger partial charge in [-0.3, -0.25) is 4.79 Å². The molecule has 0 aliphatic carbocycles. The van der Waals surface area contributed by atoms with Crippen molar-refractivity contribution in [3.8, 4) is 28.6 Å². The van der Waals surface area contributed by atoms with Gasteiger partial charge in [0.25, 0.3) is 5.89 Å². The Balaban J connectivity index is 1.81. The summed E-state index contributed by atoms with van der Waals surface area (Å²) in [6, 6.07) is 10.5. The van der Waals surface area contributed by atoms with E-state index in [1.807, 2.05) is 26.0 Å². The van der Waals surface area contributed by atoms with E-state index in [0.29, 0.717) is 23.9 Å². The Labute approximate surface area is 231 Å². The zero-order valence-corrected chi connectivity index (χ0v) is 23.8. The minimum atomic E-state index is -0.904. The zero-order chi connectivity index (χ0) is 28.4. The highest BCUT2D eigenvalue weighted by Crippen LogP contribution is 2.32. The number of carbonyl (C=O) groups is 1. The Kier molecular flexibility index (Phi) is 11.5. The second-order valence-electron chi connectivity index (χ2n) is 10.0. The lowest BCUT2D eigenvalue weighted by Crippen LogP contribution is -2.36. The summed E-state index contributed by atoms with van der Waals surface area (Å²) in [5, 5.41) is 25.7. The molecule has 3 N–H and O–H groups in total. The van der Waals surface area contributed by atoms with Gasteiger partial charge < -0.3 is 29.7 Å². The first-order chi connectivity index (χ1) is 18.8. The smallest absolute Gasteiger partial charge is 0.258 e. The second kappa shape index (κ2) is 14.8. The molecule has 39 heavy (non-hydrogen) atoms. The van der Waals surface area contributed by atoms with Gasteiger partial charge in [-0.05, 0) is 86.3 Å². The number of ether oxygens (including phenoxy) is 1. The van der Waals surface area contributed by atoms with E-state index in [1.54, 1.807) is 0 Å². The minimum absolute atomic E-state index is 0.000316. The van der Waals surface area contributed by atoms with Crippen LogP contribution in [0.1, 0.15) is 55.9 Å². The van der Waals surface area contributed by atoms with Crippen molar-refractivity contribution in [1.29, 1.82) is 0 Å². The normalized spacial score (nSPS) is 12.1. The molecule has 1 atom stereocenters. The Hall–Kier alpha value is -3.27. The average molecular weight is 539 g/mol. The Morgan fingerprint density at radius 2 is 1.87 bits per heavy atom. The van der Waals surface area contributed by atoms with E-state index in [0.717, 1.165) is 54.6 Å². The maximum absolute atomic E-state index is 11.2. The molecule has 0 aliphatic heterocycles. The van der Waals surface area contributed by atoms with Gasteiger partial charge in [0.2, 0.25) is 11.7 Å². The third-order valence-corrected chi connectivity index (χ3v) is 6.41. The molecule has 0 aliphatic rings. The number of aryl methyl sites for hydroxylation is 3. The van der Waals surface area contributed by atoms with Crippen molar-refractivity contribution in [3.05, 3.63) is 52.6 Å². The lowest BCUT2D eigenvalue weighted by molar-refractivity contribution is -0.124. The van der Waals surface area contributed by atoms with Crippen LogP contribution in [0.15, 0.2) is 34.9 Å². The first kappa shape index (κ1) is 30.3. The molecule has 0 bridgehead atoms. The summed E-state index contributed by atoms with van der Waals surface area (Å²) in [6.07, 6.45) is 2.96. The predicted octanol–water partition coefficient (Wildman–Crippen LogP) is 3.92. The van der Waals surface area contributed by atoms with Crippen molar-refractivity contribution < 1.29 is 24.3 Å². The molecular formula is C30H42N4O5. The molecule has 1 amide bonds. The van der Waals surface area contributed by atoms with Crippen LogP contribution in [-0.4, -0.2) is 70.6 Å². The number of nitrogens with zero attached hydrogens (tertiary/aromatic N) is 3. The van der Waals surface area contributed by atoms with E-state index in [9.17, 15) is 9.90 Å². The lowest BCUT2D eigenvalue weighted by atomic mass is 10.0. The molecule has 1 heterocycles. The van der Waals surface area contributed by atoms with E-state index >= 15 is 0 Å². The van der Waals surface area contributed by atoms with Gasteiger partial charge in [-0.15, -0.1) is 0 Å². The Morgan fingerprint density at radius 3 is 2.56 bits per heavy atom. The molecule has 9 nitrogen and oxygen atoms in total. The molecule has 0 fully saturated rings. The first-order valence-corrected chi connectivity index (χ1v) is 13.8. The van der Waals surface area contributed by atoms with Gasteiger partial charge in [0.15, 0.2) is 0 Å². The number of amides is 1.